The molecule has 136 valence electrons. The summed E-state index contributed by atoms with van der Waals surface area (Å²) >= 11 is 1.63. The molecule has 1 unspecified atom stereocenters. The van der Waals surface area contributed by atoms with E-state index in [0.29, 0.717) is 12.5 Å². The zero-order valence-corrected chi connectivity index (χ0v) is 15.6. The lowest BCUT2D eigenvalue weighted by molar-refractivity contribution is -0.116. The van der Waals surface area contributed by atoms with Gasteiger partial charge in [-0.2, -0.15) is 0 Å². The van der Waals surface area contributed by atoms with E-state index >= 15 is 0 Å². The number of thioether (sulfide) groups is 1. The highest BCUT2D eigenvalue weighted by Crippen LogP contribution is 2.21. The third kappa shape index (κ3) is 4.36. The molecule has 3 rings (SSSR count). The molecule has 1 atom stereocenters. The Bertz CT molecular complexity index is 907. The highest BCUT2D eigenvalue weighted by Gasteiger charge is 2.14. The second-order valence-corrected chi connectivity index (χ2v) is 6.90. The first-order valence-electron chi connectivity index (χ1n) is 8.38. The van der Waals surface area contributed by atoms with Gasteiger partial charge in [-0.25, -0.2) is 4.98 Å². The molecular formula is C19H22N4O2S. The number of anilines is 2. The average molecular weight is 370 g/mol. The van der Waals surface area contributed by atoms with Crippen molar-refractivity contribution in [3.05, 3.63) is 48.5 Å². The maximum Gasteiger partial charge on any atom is 0.244 e. The van der Waals surface area contributed by atoms with Crippen molar-refractivity contribution in [2.24, 2.45) is 0 Å². The van der Waals surface area contributed by atoms with Gasteiger partial charge >= 0.3 is 0 Å². The van der Waals surface area contributed by atoms with E-state index in [-0.39, 0.29) is 12.5 Å². The van der Waals surface area contributed by atoms with Crippen molar-refractivity contribution in [1.29, 1.82) is 0 Å². The summed E-state index contributed by atoms with van der Waals surface area (Å²) in [6, 6.07) is 15.4. The number of rotatable bonds is 7. The molecule has 26 heavy (non-hydrogen) atoms. The number of nitrogens with one attached hydrogen (secondary N) is 2. The third-order valence-corrected chi connectivity index (χ3v) is 4.59. The summed E-state index contributed by atoms with van der Waals surface area (Å²) in [7, 11) is 0. The molecule has 0 aliphatic rings. The number of amides is 1. The molecule has 1 heterocycles. The minimum atomic E-state index is -0.508. The lowest BCUT2D eigenvalue weighted by Gasteiger charge is -2.12. The van der Waals surface area contributed by atoms with Crippen molar-refractivity contribution >= 4 is 40.3 Å². The standard InChI is InChI=1S/C19H22N4O2S/c1-13(24)11-20-19-22-16-8-3-4-9-17(16)23(19)12-18(25)21-14-6-5-7-15(10-14)26-2/h3-10,13,24H,11-12H2,1-2H3,(H,20,22)(H,21,25). The van der Waals surface area contributed by atoms with Crippen LogP contribution in [-0.2, 0) is 11.3 Å². The van der Waals surface area contributed by atoms with Gasteiger partial charge in [0, 0.05) is 17.1 Å². The Morgan fingerprint density at radius 2 is 2.08 bits per heavy atom. The summed E-state index contributed by atoms with van der Waals surface area (Å²) in [6.07, 6.45) is 1.49. The van der Waals surface area contributed by atoms with Crippen molar-refractivity contribution in [3.63, 3.8) is 0 Å². The Balaban J connectivity index is 1.81. The van der Waals surface area contributed by atoms with Gasteiger partial charge in [-0.3, -0.25) is 4.79 Å². The molecular weight excluding hydrogens is 348 g/mol. The molecule has 0 aliphatic heterocycles. The van der Waals surface area contributed by atoms with Crippen molar-refractivity contribution < 1.29 is 9.90 Å². The van der Waals surface area contributed by atoms with Crippen LogP contribution in [0.3, 0.4) is 0 Å². The summed E-state index contributed by atoms with van der Waals surface area (Å²) < 4.78 is 1.82. The van der Waals surface area contributed by atoms with Crippen LogP contribution in [0.15, 0.2) is 53.4 Å². The largest absolute Gasteiger partial charge is 0.392 e. The van der Waals surface area contributed by atoms with Crippen LogP contribution in [0.2, 0.25) is 0 Å². The quantitative estimate of drug-likeness (QED) is 0.557. The fourth-order valence-corrected chi connectivity index (χ4v) is 3.11. The molecule has 0 spiro atoms. The van der Waals surface area contributed by atoms with Crippen LogP contribution in [-0.4, -0.2) is 39.5 Å². The number of benzene rings is 2. The van der Waals surface area contributed by atoms with E-state index in [1.807, 2.05) is 59.4 Å². The van der Waals surface area contributed by atoms with E-state index in [1.165, 1.54) is 0 Å². The van der Waals surface area contributed by atoms with Gasteiger partial charge in [0.2, 0.25) is 11.9 Å². The predicted molar refractivity (Wildman–Crippen MR) is 107 cm³/mol. The third-order valence-electron chi connectivity index (χ3n) is 3.87. The van der Waals surface area contributed by atoms with E-state index < -0.39 is 6.10 Å². The van der Waals surface area contributed by atoms with Gasteiger partial charge in [-0.15, -0.1) is 11.8 Å². The van der Waals surface area contributed by atoms with Crippen LogP contribution in [0.4, 0.5) is 11.6 Å². The molecule has 0 bridgehead atoms. The van der Waals surface area contributed by atoms with Gasteiger partial charge in [0.05, 0.1) is 17.1 Å². The fraction of sp³-hybridized carbons (Fsp3) is 0.263. The minimum absolute atomic E-state index is 0.131. The topological polar surface area (TPSA) is 79.2 Å². The van der Waals surface area contributed by atoms with E-state index in [0.717, 1.165) is 21.6 Å². The molecule has 7 heteroatoms. The van der Waals surface area contributed by atoms with Crippen LogP contribution in [0.5, 0.6) is 0 Å². The molecule has 3 N–H and O–H groups in total. The van der Waals surface area contributed by atoms with E-state index in [1.54, 1.807) is 18.7 Å². The van der Waals surface area contributed by atoms with Gasteiger partial charge in [0.25, 0.3) is 0 Å². The first-order valence-corrected chi connectivity index (χ1v) is 9.60. The van der Waals surface area contributed by atoms with Gasteiger partial charge < -0.3 is 20.3 Å². The van der Waals surface area contributed by atoms with Crippen LogP contribution < -0.4 is 10.6 Å². The number of hydrogen-bond acceptors (Lipinski definition) is 5. The number of para-hydroxylation sites is 2. The normalized spacial score (nSPS) is 12.1. The second-order valence-electron chi connectivity index (χ2n) is 6.02. The molecule has 6 nitrogen and oxygen atoms in total. The fourth-order valence-electron chi connectivity index (χ4n) is 2.65. The monoisotopic (exact) mass is 370 g/mol. The number of aliphatic hydroxyl groups is 1. The Labute approximate surface area is 156 Å². The Morgan fingerprint density at radius 3 is 2.85 bits per heavy atom. The number of carbonyl (C=O) groups is 1. The molecule has 1 amide bonds. The summed E-state index contributed by atoms with van der Waals surface area (Å²) in [6.45, 7) is 2.19. The number of aromatic nitrogens is 2. The van der Waals surface area contributed by atoms with Crippen LogP contribution in [0, 0.1) is 0 Å². The summed E-state index contributed by atoms with van der Waals surface area (Å²) in [5.41, 5.74) is 2.44. The maximum atomic E-state index is 12.6. The Hall–Kier alpha value is -2.51. The lowest BCUT2D eigenvalue weighted by atomic mass is 10.3. The van der Waals surface area contributed by atoms with Crippen molar-refractivity contribution in [1.82, 2.24) is 9.55 Å². The first kappa shape index (κ1) is 18.3. The van der Waals surface area contributed by atoms with Crippen molar-refractivity contribution in [3.8, 4) is 0 Å². The summed E-state index contributed by atoms with van der Waals surface area (Å²) in [5, 5.41) is 15.6. The van der Waals surface area contributed by atoms with E-state index in [4.69, 9.17) is 0 Å². The highest BCUT2D eigenvalue weighted by molar-refractivity contribution is 7.98. The number of nitrogens with zero attached hydrogens (tertiary/aromatic N) is 2. The smallest absolute Gasteiger partial charge is 0.244 e. The molecule has 2 aromatic carbocycles. The van der Waals surface area contributed by atoms with Crippen molar-refractivity contribution in [2.45, 2.75) is 24.5 Å². The molecule has 0 saturated heterocycles. The number of carbonyl (C=O) groups excluding carboxylic acids is 1. The second kappa shape index (κ2) is 8.25. The lowest BCUT2D eigenvalue weighted by Crippen LogP contribution is -2.22. The number of aliphatic hydroxyl groups excluding tert-OH is 1. The Kier molecular flexibility index (Phi) is 5.80. The van der Waals surface area contributed by atoms with Crippen LogP contribution in [0.1, 0.15) is 6.92 Å². The minimum Gasteiger partial charge on any atom is -0.392 e. The Morgan fingerprint density at radius 1 is 1.27 bits per heavy atom. The number of hydrogen-bond donors (Lipinski definition) is 3. The molecule has 0 radical (unpaired) electrons. The summed E-state index contributed by atoms with van der Waals surface area (Å²) in [4.78, 5) is 18.2. The van der Waals surface area contributed by atoms with Crippen LogP contribution >= 0.6 is 11.8 Å². The van der Waals surface area contributed by atoms with E-state index in [2.05, 4.69) is 15.6 Å². The SMILES string of the molecule is CSc1cccc(NC(=O)Cn2c(NCC(C)O)nc3ccccc32)c1. The van der Waals surface area contributed by atoms with Gasteiger partial charge in [0.1, 0.15) is 6.54 Å². The number of fused-ring (bicyclic) bond motifs is 1. The average Bonchev–Trinajstić information content (AvgIpc) is 2.97. The molecule has 0 fully saturated rings. The molecule has 0 saturated carbocycles. The molecule has 1 aromatic heterocycles. The highest BCUT2D eigenvalue weighted by atomic mass is 32.2. The maximum absolute atomic E-state index is 12.6. The van der Waals surface area contributed by atoms with Gasteiger partial charge in [0.15, 0.2) is 0 Å². The zero-order valence-electron chi connectivity index (χ0n) is 14.8. The predicted octanol–water partition coefficient (Wildman–Crippen LogP) is 3.19. The van der Waals surface area contributed by atoms with Crippen molar-refractivity contribution in [2.75, 3.05) is 23.4 Å². The zero-order chi connectivity index (χ0) is 18.5. The van der Waals surface area contributed by atoms with Gasteiger partial charge in [-0.1, -0.05) is 18.2 Å². The van der Waals surface area contributed by atoms with Crippen LogP contribution in [0.25, 0.3) is 11.0 Å². The number of imidazole rings is 1. The van der Waals surface area contributed by atoms with Gasteiger partial charge in [-0.05, 0) is 43.5 Å². The molecule has 3 aromatic rings. The molecule has 0 aliphatic carbocycles. The van der Waals surface area contributed by atoms with E-state index in [9.17, 15) is 9.90 Å². The summed E-state index contributed by atoms with van der Waals surface area (Å²) in [5.74, 6) is 0.437. The first-order chi connectivity index (χ1) is 12.6.